The molecule has 0 radical (unpaired) electrons. The molecule has 0 bridgehead atoms. The average molecular weight is 257 g/mol. The van der Waals surface area contributed by atoms with Gasteiger partial charge in [-0.1, -0.05) is 12.8 Å². The van der Waals surface area contributed by atoms with Crippen molar-refractivity contribution in [3.63, 3.8) is 0 Å². The van der Waals surface area contributed by atoms with E-state index in [0.717, 1.165) is 6.07 Å². The van der Waals surface area contributed by atoms with E-state index in [0.29, 0.717) is 16.6 Å². The Kier molecular flexibility index (Phi) is 4.40. The van der Waals surface area contributed by atoms with E-state index < -0.39 is 11.6 Å². The molecule has 1 aliphatic rings. The van der Waals surface area contributed by atoms with Crippen molar-refractivity contribution in [2.24, 2.45) is 11.7 Å². The van der Waals surface area contributed by atoms with E-state index in [1.54, 1.807) is 0 Å². The first-order valence-electron chi connectivity index (χ1n) is 6.00. The van der Waals surface area contributed by atoms with Crippen molar-refractivity contribution in [1.82, 2.24) is 0 Å². The normalized spacial score (nSPS) is 18.5. The van der Waals surface area contributed by atoms with Crippen LogP contribution in [0.15, 0.2) is 23.1 Å². The van der Waals surface area contributed by atoms with Crippen molar-refractivity contribution in [2.45, 2.75) is 36.6 Å². The molecule has 1 aromatic rings. The highest BCUT2D eigenvalue weighted by atomic mass is 32.2. The van der Waals surface area contributed by atoms with E-state index in [9.17, 15) is 8.78 Å². The van der Waals surface area contributed by atoms with Gasteiger partial charge in [0, 0.05) is 22.8 Å². The Morgan fingerprint density at radius 1 is 1.29 bits per heavy atom. The highest BCUT2D eigenvalue weighted by Gasteiger charge is 2.22. The second kappa shape index (κ2) is 5.83. The maximum atomic E-state index is 13.4. The van der Waals surface area contributed by atoms with E-state index >= 15 is 0 Å². The van der Waals surface area contributed by atoms with Crippen LogP contribution in [0, 0.1) is 17.6 Å². The summed E-state index contributed by atoms with van der Waals surface area (Å²) in [4.78, 5) is 0.486. The van der Waals surface area contributed by atoms with Crippen LogP contribution in [-0.4, -0.2) is 11.8 Å². The first-order valence-corrected chi connectivity index (χ1v) is 6.99. The summed E-state index contributed by atoms with van der Waals surface area (Å²) in [6.07, 6.45) is 4.89. The zero-order chi connectivity index (χ0) is 12.3. The lowest BCUT2D eigenvalue weighted by molar-refractivity contribution is 0.463. The molecular formula is C13H17F2NS. The number of rotatable bonds is 4. The predicted octanol–water partition coefficient (Wildman–Crippen LogP) is 3.57. The monoisotopic (exact) mass is 257 g/mol. The molecule has 2 N–H and O–H groups in total. The Labute approximate surface area is 105 Å². The van der Waals surface area contributed by atoms with Crippen molar-refractivity contribution in [1.29, 1.82) is 0 Å². The van der Waals surface area contributed by atoms with E-state index in [1.165, 1.54) is 49.6 Å². The van der Waals surface area contributed by atoms with E-state index in [4.69, 9.17) is 5.73 Å². The van der Waals surface area contributed by atoms with Gasteiger partial charge in [0.15, 0.2) is 0 Å². The quantitative estimate of drug-likeness (QED) is 0.834. The SMILES string of the molecule is NC(CSc1ccc(F)cc1F)C1CCCC1. The van der Waals surface area contributed by atoms with Crippen LogP contribution in [0.25, 0.3) is 0 Å². The number of nitrogens with two attached hydrogens (primary N) is 1. The lowest BCUT2D eigenvalue weighted by Crippen LogP contribution is -2.30. The van der Waals surface area contributed by atoms with Crippen molar-refractivity contribution in [3.05, 3.63) is 29.8 Å². The summed E-state index contributed by atoms with van der Waals surface area (Å²) in [7, 11) is 0. The molecule has 1 aliphatic carbocycles. The lowest BCUT2D eigenvalue weighted by atomic mass is 10.0. The topological polar surface area (TPSA) is 26.0 Å². The molecule has 0 aliphatic heterocycles. The second-order valence-corrected chi connectivity index (χ2v) is 5.66. The van der Waals surface area contributed by atoms with Crippen molar-refractivity contribution in [3.8, 4) is 0 Å². The van der Waals surface area contributed by atoms with Crippen LogP contribution in [-0.2, 0) is 0 Å². The van der Waals surface area contributed by atoms with Gasteiger partial charge in [-0.2, -0.15) is 0 Å². The van der Waals surface area contributed by atoms with Crippen molar-refractivity contribution < 1.29 is 8.78 Å². The minimum Gasteiger partial charge on any atom is -0.327 e. The van der Waals surface area contributed by atoms with Gasteiger partial charge in [-0.3, -0.25) is 0 Å². The molecule has 1 saturated carbocycles. The van der Waals surface area contributed by atoms with E-state index in [-0.39, 0.29) is 6.04 Å². The van der Waals surface area contributed by atoms with Crippen LogP contribution in [0.4, 0.5) is 8.78 Å². The van der Waals surface area contributed by atoms with Gasteiger partial charge in [0.25, 0.3) is 0 Å². The molecule has 4 heteroatoms. The molecule has 0 amide bonds. The summed E-state index contributed by atoms with van der Waals surface area (Å²) in [5, 5.41) is 0. The summed E-state index contributed by atoms with van der Waals surface area (Å²) in [5.74, 6) is 0.249. The van der Waals surface area contributed by atoms with Crippen LogP contribution in [0.2, 0.25) is 0 Å². The van der Waals surface area contributed by atoms with Gasteiger partial charge in [0.1, 0.15) is 11.6 Å². The molecule has 1 atom stereocenters. The smallest absolute Gasteiger partial charge is 0.139 e. The van der Waals surface area contributed by atoms with Gasteiger partial charge in [-0.25, -0.2) is 8.78 Å². The minimum atomic E-state index is -0.535. The van der Waals surface area contributed by atoms with Crippen LogP contribution >= 0.6 is 11.8 Å². The summed E-state index contributed by atoms with van der Waals surface area (Å²) in [6.45, 7) is 0. The number of halogens is 2. The fourth-order valence-corrected chi connectivity index (χ4v) is 3.31. The van der Waals surface area contributed by atoms with Gasteiger partial charge in [-0.05, 0) is 30.9 Å². The second-order valence-electron chi connectivity index (χ2n) is 4.59. The van der Waals surface area contributed by atoms with Crippen LogP contribution in [0.1, 0.15) is 25.7 Å². The maximum absolute atomic E-state index is 13.4. The zero-order valence-corrected chi connectivity index (χ0v) is 10.5. The largest absolute Gasteiger partial charge is 0.327 e. The fourth-order valence-electron chi connectivity index (χ4n) is 2.30. The third kappa shape index (κ3) is 3.42. The maximum Gasteiger partial charge on any atom is 0.139 e. The Bertz CT molecular complexity index is 378. The predicted molar refractivity (Wildman–Crippen MR) is 67.0 cm³/mol. The van der Waals surface area contributed by atoms with Gasteiger partial charge in [0.05, 0.1) is 0 Å². The molecule has 0 heterocycles. The van der Waals surface area contributed by atoms with Crippen molar-refractivity contribution >= 4 is 11.8 Å². The molecule has 2 rings (SSSR count). The summed E-state index contributed by atoms with van der Waals surface area (Å²) in [5.41, 5.74) is 6.09. The van der Waals surface area contributed by atoms with Crippen LogP contribution in [0.5, 0.6) is 0 Å². The van der Waals surface area contributed by atoms with Gasteiger partial charge in [-0.15, -0.1) is 11.8 Å². The Morgan fingerprint density at radius 2 is 2.00 bits per heavy atom. The molecule has 0 spiro atoms. The third-order valence-electron chi connectivity index (χ3n) is 3.33. The molecule has 1 nitrogen and oxygen atoms in total. The first-order chi connectivity index (χ1) is 8.16. The summed E-state index contributed by atoms with van der Waals surface area (Å²) < 4.78 is 26.1. The zero-order valence-electron chi connectivity index (χ0n) is 9.66. The minimum absolute atomic E-state index is 0.118. The first kappa shape index (κ1) is 12.8. The molecule has 0 aromatic heterocycles. The fraction of sp³-hybridized carbons (Fsp3) is 0.538. The molecular weight excluding hydrogens is 240 g/mol. The molecule has 0 saturated heterocycles. The Hall–Kier alpha value is -0.610. The molecule has 1 fully saturated rings. The molecule has 1 aromatic carbocycles. The van der Waals surface area contributed by atoms with Crippen LogP contribution in [0.3, 0.4) is 0 Å². The van der Waals surface area contributed by atoms with Crippen molar-refractivity contribution in [2.75, 3.05) is 5.75 Å². The van der Waals surface area contributed by atoms with Gasteiger partial charge < -0.3 is 5.73 Å². The molecule has 1 unspecified atom stereocenters. The number of thioether (sulfide) groups is 1. The average Bonchev–Trinajstić information content (AvgIpc) is 2.81. The summed E-state index contributed by atoms with van der Waals surface area (Å²) >= 11 is 1.38. The standard InChI is InChI=1S/C13H17F2NS/c14-10-5-6-13(11(15)7-10)17-8-12(16)9-3-1-2-4-9/h5-7,9,12H,1-4,8,16H2. The number of hydrogen-bond donors (Lipinski definition) is 1. The highest BCUT2D eigenvalue weighted by Crippen LogP contribution is 2.30. The molecule has 17 heavy (non-hydrogen) atoms. The number of benzene rings is 1. The molecule has 94 valence electrons. The highest BCUT2D eigenvalue weighted by molar-refractivity contribution is 7.99. The summed E-state index contributed by atoms with van der Waals surface area (Å²) in [6, 6.07) is 3.80. The van der Waals surface area contributed by atoms with Gasteiger partial charge >= 0.3 is 0 Å². The third-order valence-corrected chi connectivity index (χ3v) is 4.52. The lowest BCUT2D eigenvalue weighted by Gasteiger charge is -2.18. The van der Waals surface area contributed by atoms with E-state index in [2.05, 4.69) is 0 Å². The van der Waals surface area contributed by atoms with Gasteiger partial charge in [0.2, 0.25) is 0 Å². The van der Waals surface area contributed by atoms with Crippen LogP contribution < -0.4 is 5.73 Å². The Morgan fingerprint density at radius 3 is 2.65 bits per heavy atom. The van der Waals surface area contributed by atoms with E-state index in [1.807, 2.05) is 0 Å². The number of hydrogen-bond acceptors (Lipinski definition) is 2. The Balaban J connectivity index is 1.88.